The van der Waals surface area contributed by atoms with Crippen molar-refractivity contribution in [1.29, 1.82) is 0 Å². The summed E-state index contributed by atoms with van der Waals surface area (Å²) in [7, 11) is -3.71. The molecule has 0 bridgehead atoms. The van der Waals surface area contributed by atoms with Crippen LogP contribution in [0.4, 0.5) is 5.69 Å². The fourth-order valence-electron chi connectivity index (χ4n) is 2.31. The summed E-state index contributed by atoms with van der Waals surface area (Å²) in [5, 5.41) is 0. The number of rotatable bonds is 7. The van der Waals surface area contributed by atoms with Crippen LogP contribution in [0.5, 0.6) is 0 Å². The number of hydrogen-bond donors (Lipinski definition) is 1. The van der Waals surface area contributed by atoms with Crippen LogP contribution in [-0.2, 0) is 14.8 Å². The van der Waals surface area contributed by atoms with Crippen LogP contribution in [0.2, 0.25) is 0 Å². The number of carbonyl (C=O) groups is 1. The normalized spacial score (nSPS) is 12.4. The second kappa shape index (κ2) is 8.16. The molecule has 6 heteroatoms. The first-order valence-corrected chi connectivity index (χ1v) is 9.75. The van der Waals surface area contributed by atoms with Gasteiger partial charge in [0.1, 0.15) is 0 Å². The third kappa shape index (κ3) is 4.82. The van der Waals surface area contributed by atoms with Crippen molar-refractivity contribution < 1.29 is 17.9 Å². The van der Waals surface area contributed by atoms with Crippen LogP contribution in [0.3, 0.4) is 0 Å². The molecule has 0 aliphatic carbocycles. The molecule has 0 heterocycles. The molecule has 134 valence electrons. The van der Waals surface area contributed by atoms with E-state index in [2.05, 4.69) is 18.6 Å². The van der Waals surface area contributed by atoms with Crippen molar-refractivity contribution in [2.75, 3.05) is 11.3 Å². The molecular weight excluding hydrogens is 338 g/mol. The lowest BCUT2D eigenvalue weighted by Crippen LogP contribution is -2.13. The predicted molar refractivity (Wildman–Crippen MR) is 98.4 cm³/mol. The minimum Gasteiger partial charge on any atom is -0.462 e. The largest absolute Gasteiger partial charge is 0.462 e. The number of carbonyl (C=O) groups excluding carboxylic acids is 1. The SMILES string of the molecule is CCOC(=O)c1ccc(S(=O)(=O)Nc2ccc(C(C)CC)cc2)cc1. The molecule has 2 aromatic carbocycles. The Morgan fingerprint density at radius 1 is 1.04 bits per heavy atom. The second-order valence-corrected chi connectivity index (χ2v) is 7.46. The molecule has 0 radical (unpaired) electrons. The molecule has 2 aromatic rings. The minimum atomic E-state index is -3.71. The molecule has 1 atom stereocenters. The maximum absolute atomic E-state index is 12.5. The van der Waals surface area contributed by atoms with E-state index in [1.54, 1.807) is 19.1 Å². The highest BCUT2D eigenvalue weighted by Crippen LogP contribution is 2.22. The fourth-order valence-corrected chi connectivity index (χ4v) is 3.37. The Hall–Kier alpha value is -2.34. The van der Waals surface area contributed by atoms with Crippen LogP contribution in [0.1, 0.15) is 49.0 Å². The topological polar surface area (TPSA) is 72.5 Å². The van der Waals surface area contributed by atoms with Crippen LogP contribution >= 0.6 is 0 Å². The summed E-state index contributed by atoms with van der Waals surface area (Å²) in [4.78, 5) is 11.7. The first kappa shape index (κ1) is 19.0. The van der Waals surface area contributed by atoms with Gasteiger partial charge in [0.2, 0.25) is 0 Å². The van der Waals surface area contributed by atoms with Crippen molar-refractivity contribution >= 4 is 21.7 Å². The van der Waals surface area contributed by atoms with Crippen LogP contribution < -0.4 is 4.72 Å². The molecule has 0 fully saturated rings. The number of sulfonamides is 1. The molecule has 5 nitrogen and oxygen atoms in total. The van der Waals surface area contributed by atoms with Gasteiger partial charge in [0.05, 0.1) is 17.1 Å². The van der Waals surface area contributed by atoms with E-state index < -0.39 is 16.0 Å². The Morgan fingerprint density at radius 2 is 1.64 bits per heavy atom. The minimum absolute atomic E-state index is 0.0894. The van der Waals surface area contributed by atoms with Crippen LogP contribution in [0.25, 0.3) is 0 Å². The smallest absolute Gasteiger partial charge is 0.338 e. The third-order valence-corrected chi connectivity index (χ3v) is 5.42. The zero-order valence-electron chi connectivity index (χ0n) is 14.7. The van der Waals surface area contributed by atoms with E-state index in [1.807, 2.05) is 12.1 Å². The highest BCUT2D eigenvalue weighted by molar-refractivity contribution is 7.92. The first-order chi connectivity index (χ1) is 11.9. The molecule has 0 saturated carbocycles. The second-order valence-electron chi connectivity index (χ2n) is 5.78. The van der Waals surface area contributed by atoms with E-state index in [4.69, 9.17) is 4.74 Å². The number of nitrogens with one attached hydrogen (secondary N) is 1. The fraction of sp³-hybridized carbons (Fsp3) is 0.316. The number of ether oxygens (including phenoxy) is 1. The van der Waals surface area contributed by atoms with Gasteiger partial charge in [0.25, 0.3) is 10.0 Å². The lowest BCUT2D eigenvalue weighted by atomic mass is 9.99. The van der Waals surface area contributed by atoms with E-state index in [1.165, 1.54) is 29.8 Å². The van der Waals surface area contributed by atoms with Crippen molar-refractivity contribution in [3.63, 3.8) is 0 Å². The monoisotopic (exact) mass is 361 g/mol. The summed E-state index contributed by atoms with van der Waals surface area (Å²) in [5.74, 6) is -0.0406. The van der Waals surface area contributed by atoms with Gasteiger partial charge in [-0.15, -0.1) is 0 Å². The standard InChI is InChI=1S/C19H23NO4S/c1-4-14(3)15-6-10-17(11-7-15)20-25(22,23)18-12-8-16(9-13-18)19(21)24-5-2/h6-14,20H,4-5H2,1-3H3. The average molecular weight is 361 g/mol. The maximum atomic E-state index is 12.5. The van der Waals surface area contributed by atoms with Gasteiger partial charge in [0, 0.05) is 5.69 Å². The zero-order chi connectivity index (χ0) is 18.4. The molecule has 25 heavy (non-hydrogen) atoms. The van der Waals surface area contributed by atoms with Gasteiger partial charge < -0.3 is 4.74 Å². The van der Waals surface area contributed by atoms with Gasteiger partial charge in [-0.3, -0.25) is 4.72 Å². The van der Waals surface area contributed by atoms with Crippen molar-refractivity contribution in [3.8, 4) is 0 Å². The molecule has 2 rings (SSSR count). The number of esters is 1. The van der Waals surface area contributed by atoms with Gasteiger partial charge >= 0.3 is 5.97 Å². The van der Waals surface area contributed by atoms with Gasteiger partial charge in [0.15, 0.2) is 0 Å². The Morgan fingerprint density at radius 3 is 2.16 bits per heavy atom. The summed E-state index contributed by atoms with van der Waals surface area (Å²) < 4.78 is 32.3. The summed E-state index contributed by atoms with van der Waals surface area (Å²) in [6, 6.07) is 13.0. The average Bonchev–Trinajstić information content (AvgIpc) is 2.61. The number of benzene rings is 2. The highest BCUT2D eigenvalue weighted by atomic mass is 32.2. The van der Waals surface area contributed by atoms with E-state index in [0.29, 0.717) is 17.2 Å². The zero-order valence-corrected chi connectivity index (χ0v) is 15.5. The number of hydrogen-bond acceptors (Lipinski definition) is 4. The van der Waals surface area contributed by atoms with E-state index in [-0.39, 0.29) is 11.5 Å². The quantitative estimate of drug-likeness (QED) is 0.751. The summed E-state index contributed by atoms with van der Waals surface area (Å²) in [6.45, 7) is 6.23. The Bertz CT molecular complexity index is 812. The molecule has 0 spiro atoms. The molecule has 1 unspecified atom stereocenters. The number of anilines is 1. The summed E-state index contributed by atoms with van der Waals surface area (Å²) >= 11 is 0. The molecule has 1 N–H and O–H groups in total. The maximum Gasteiger partial charge on any atom is 0.338 e. The lowest BCUT2D eigenvalue weighted by molar-refractivity contribution is 0.0526. The summed E-state index contributed by atoms with van der Waals surface area (Å²) in [6.07, 6.45) is 1.03. The van der Waals surface area contributed by atoms with Crippen LogP contribution in [-0.4, -0.2) is 21.0 Å². The van der Waals surface area contributed by atoms with Crippen molar-refractivity contribution in [3.05, 3.63) is 59.7 Å². The van der Waals surface area contributed by atoms with E-state index in [9.17, 15) is 13.2 Å². The van der Waals surface area contributed by atoms with Crippen LogP contribution in [0, 0.1) is 0 Å². The molecule has 0 aliphatic heterocycles. The van der Waals surface area contributed by atoms with Crippen LogP contribution in [0.15, 0.2) is 53.4 Å². The van der Waals surface area contributed by atoms with Gasteiger partial charge in [-0.05, 0) is 61.2 Å². The van der Waals surface area contributed by atoms with Gasteiger partial charge in [-0.2, -0.15) is 0 Å². The van der Waals surface area contributed by atoms with Crippen molar-refractivity contribution in [2.24, 2.45) is 0 Å². The molecule has 0 aliphatic rings. The molecular formula is C19H23NO4S. The van der Waals surface area contributed by atoms with E-state index >= 15 is 0 Å². The summed E-state index contributed by atoms with van der Waals surface area (Å²) in [5.41, 5.74) is 1.99. The lowest BCUT2D eigenvalue weighted by Gasteiger charge is -2.12. The predicted octanol–water partition coefficient (Wildman–Crippen LogP) is 4.18. The Balaban J connectivity index is 2.14. The molecule has 0 aromatic heterocycles. The molecule has 0 saturated heterocycles. The highest BCUT2D eigenvalue weighted by Gasteiger charge is 2.16. The van der Waals surface area contributed by atoms with E-state index in [0.717, 1.165) is 6.42 Å². The molecule has 0 amide bonds. The Kier molecular flexibility index (Phi) is 6.20. The van der Waals surface area contributed by atoms with Gasteiger partial charge in [-0.25, -0.2) is 13.2 Å². The first-order valence-electron chi connectivity index (χ1n) is 8.27. The van der Waals surface area contributed by atoms with Crippen molar-refractivity contribution in [2.45, 2.75) is 38.0 Å². The van der Waals surface area contributed by atoms with Crippen molar-refractivity contribution in [1.82, 2.24) is 0 Å². The van der Waals surface area contributed by atoms with Gasteiger partial charge in [-0.1, -0.05) is 26.0 Å². The Labute approximate surface area is 149 Å². The third-order valence-electron chi connectivity index (χ3n) is 4.02.